The highest BCUT2D eigenvalue weighted by molar-refractivity contribution is 5.80. The van der Waals surface area contributed by atoms with E-state index in [1.807, 2.05) is 0 Å². The van der Waals surface area contributed by atoms with Gasteiger partial charge in [-0.2, -0.15) is 0 Å². The second kappa shape index (κ2) is 5.16. The standard InChI is InChI=1S/C8H17N3O2/c1-13-6-7(8(9)12)11-4-2-10-3-5-11/h7,10H,2-6H2,1H3,(H2,9,12). The number of ether oxygens (including phenoxy) is 1. The summed E-state index contributed by atoms with van der Waals surface area (Å²) in [6.07, 6.45) is 0. The van der Waals surface area contributed by atoms with Crippen molar-refractivity contribution in [2.45, 2.75) is 6.04 Å². The molecule has 1 amide bonds. The van der Waals surface area contributed by atoms with Gasteiger partial charge in [-0.3, -0.25) is 9.69 Å². The van der Waals surface area contributed by atoms with Crippen molar-refractivity contribution in [2.24, 2.45) is 5.73 Å². The van der Waals surface area contributed by atoms with Crippen LogP contribution in [0.4, 0.5) is 0 Å². The largest absolute Gasteiger partial charge is 0.383 e. The van der Waals surface area contributed by atoms with Crippen LogP contribution < -0.4 is 11.1 Å². The first-order valence-electron chi connectivity index (χ1n) is 4.48. The molecule has 3 N–H and O–H groups in total. The van der Waals surface area contributed by atoms with Gasteiger partial charge in [-0.15, -0.1) is 0 Å². The Morgan fingerprint density at radius 2 is 2.23 bits per heavy atom. The molecule has 1 aliphatic heterocycles. The number of carbonyl (C=O) groups excluding carboxylic acids is 1. The number of nitrogens with two attached hydrogens (primary N) is 1. The van der Waals surface area contributed by atoms with Crippen LogP contribution in [0, 0.1) is 0 Å². The van der Waals surface area contributed by atoms with Crippen LogP contribution in [-0.2, 0) is 9.53 Å². The molecular formula is C8H17N3O2. The number of hydrogen-bond acceptors (Lipinski definition) is 4. The minimum absolute atomic E-state index is 0.271. The van der Waals surface area contributed by atoms with E-state index < -0.39 is 0 Å². The number of amides is 1. The lowest BCUT2D eigenvalue weighted by molar-refractivity contribution is -0.125. The van der Waals surface area contributed by atoms with E-state index in [0.717, 1.165) is 26.2 Å². The number of rotatable bonds is 4. The van der Waals surface area contributed by atoms with Gasteiger partial charge in [-0.05, 0) is 0 Å². The van der Waals surface area contributed by atoms with Crippen LogP contribution in [0.1, 0.15) is 0 Å². The van der Waals surface area contributed by atoms with Gasteiger partial charge in [-0.25, -0.2) is 0 Å². The third kappa shape index (κ3) is 2.95. The summed E-state index contributed by atoms with van der Waals surface area (Å²) in [7, 11) is 1.58. The van der Waals surface area contributed by atoms with Crippen molar-refractivity contribution in [3.8, 4) is 0 Å². The predicted molar refractivity (Wildman–Crippen MR) is 49.3 cm³/mol. The van der Waals surface area contributed by atoms with Gasteiger partial charge in [0.15, 0.2) is 0 Å². The van der Waals surface area contributed by atoms with Crippen molar-refractivity contribution < 1.29 is 9.53 Å². The van der Waals surface area contributed by atoms with Gasteiger partial charge in [0.1, 0.15) is 6.04 Å². The van der Waals surface area contributed by atoms with Crippen molar-refractivity contribution in [3.05, 3.63) is 0 Å². The molecular weight excluding hydrogens is 170 g/mol. The van der Waals surface area contributed by atoms with E-state index in [4.69, 9.17) is 10.5 Å². The van der Waals surface area contributed by atoms with Crippen LogP contribution in [0.2, 0.25) is 0 Å². The summed E-state index contributed by atoms with van der Waals surface area (Å²) in [5.74, 6) is -0.302. The number of methoxy groups -OCH3 is 1. The molecule has 0 aromatic carbocycles. The molecule has 0 aromatic heterocycles. The fourth-order valence-electron chi connectivity index (χ4n) is 1.52. The Kier molecular flexibility index (Phi) is 4.14. The molecule has 0 radical (unpaired) electrons. The van der Waals surface area contributed by atoms with Crippen molar-refractivity contribution in [2.75, 3.05) is 39.9 Å². The van der Waals surface area contributed by atoms with Crippen molar-refractivity contribution in [1.82, 2.24) is 10.2 Å². The van der Waals surface area contributed by atoms with Crippen LogP contribution in [0.3, 0.4) is 0 Å². The van der Waals surface area contributed by atoms with E-state index in [9.17, 15) is 4.79 Å². The van der Waals surface area contributed by atoms with Gasteiger partial charge in [0.2, 0.25) is 5.91 Å². The molecule has 76 valence electrons. The molecule has 1 atom stereocenters. The first kappa shape index (κ1) is 10.4. The molecule has 1 rings (SSSR count). The summed E-state index contributed by atoms with van der Waals surface area (Å²) in [6.45, 7) is 3.92. The Morgan fingerprint density at radius 1 is 1.62 bits per heavy atom. The third-order valence-corrected chi connectivity index (χ3v) is 2.25. The zero-order chi connectivity index (χ0) is 9.68. The summed E-state index contributed by atoms with van der Waals surface area (Å²) in [6, 6.07) is -0.271. The minimum atomic E-state index is -0.302. The Bertz CT molecular complexity index is 169. The van der Waals surface area contributed by atoms with Crippen LogP contribution in [0.5, 0.6) is 0 Å². The summed E-state index contributed by atoms with van der Waals surface area (Å²) in [5.41, 5.74) is 5.27. The third-order valence-electron chi connectivity index (χ3n) is 2.25. The molecule has 1 fully saturated rings. The summed E-state index contributed by atoms with van der Waals surface area (Å²) < 4.78 is 4.96. The molecule has 1 saturated heterocycles. The molecule has 0 aromatic rings. The van der Waals surface area contributed by atoms with Crippen LogP contribution in [-0.4, -0.2) is 56.7 Å². The van der Waals surface area contributed by atoms with E-state index in [2.05, 4.69) is 10.2 Å². The molecule has 5 heteroatoms. The fourth-order valence-corrected chi connectivity index (χ4v) is 1.52. The van der Waals surface area contributed by atoms with E-state index in [-0.39, 0.29) is 11.9 Å². The van der Waals surface area contributed by atoms with Gasteiger partial charge < -0.3 is 15.8 Å². The first-order valence-corrected chi connectivity index (χ1v) is 4.48. The van der Waals surface area contributed by atoms with E-state index >= 15 is 0 Å². The topological polar surface area (TPSA) is 67.6 Å². The molecule has 1 heterocycles. The van der Waals surface area contributed by atoms with Gasteiger partial charge in [0, 0.05) is 33.3 Å². The van der Waals surface area contributed by atoms with Gasteiger partial charge in [-0.1, -0.05) is 0 Å². The SMILES string of the molecule is COCC(C(N)=O)N1CCNCC1. The molecule has 1 aliphatic rings. The van der Waals surface area contributed by atoms with Crippen molar-refractivity contribution >= 4 is 5.91 Å². The normalized spacial score (nSPS) is 21.3. The zero-order valence-electron chi connectivity index (χ0n) is 7.95. The van der Waals surface area contributed by atoms with Gasteiger partial charge in [0.05, 0.1) is 6.61 Å². The predicted octanol–water partition coefficient (Wildman–Crippen LogP) is -1.61. The molecule has 1 unspecified atom stereocenters. The Hall–Kier alpha value is -0.650. The average Bonchev–Trinajstić information content (AvgIpc) is 2.15. The summed E-state index contributed by atoms with van der Waals surface area (Å²) >= 11 is 0. The highest BCUT2D eigenvalue weighted by atomic mass is 16.5. The molecule has 0 spiro atoms. The monoisotopic (exact) mass is 187 g/mol. The van der Waals surface area contributed by atoms with Crippen LogP contribution in [0.15, 0.2) is 0 Å². The second-order valence-electron chi connectivity index (χ2n) is 3.16. The number of nitrogens with one attached hydrogen (secondary N) is 1. The zero-order valence-corrected chi connectivity index (χ0v) is 7.95. The fraction of sp³-hybridized carbons (Fsp3) is 0.875. The second-order valence-corrected chi connectivity index (χ2v) is 3.16. The maximum Gasteiger partial charge on any atom is 0.237 e. The Balaban J connectivity index is 2.46. The lowest BCUT2D eigenvalue weighted by atomic mass is 10.2. The first-order chi connectivity index (χ1) is 6.25. The number of piperazine rings is 1. The summed E-state index contributed by atoms with van der Waals surface area (Å²) in [5, 5.41) is 3.22. The number of carbonyl (C=O) groups is 1. The maximum absolute atomic E-state index is 11.1. The average molecular weight is 187 g/mol. The molecule has 0 bridgehead atoms. The van der Waals surface area contributed by atoms with Gasteiger partial charge >= 0.3 is 0 Å². The van der Waals surface area contributed by atoms with E-state index in [1.54, 1.807) is 7.11 Å². The minimum Gasteiger partial charge on any atom is -0.383 e. The highest BCUT2D eigenvalue weighted by Crippen LogP contribution is 2.01. The molecule has 0 saturated carbocycles. The lowest BCUT2D eigenvalue weighted by Gasteiger charge is -2.32. The number of primary amides is 1. The van der Waals surface area contributed by atoms with Crippen molar-refractivity contribution in [3.63, 3.8) is 0 Å². The van der Waals surface area contributed by atoms with E-state index in [0.29, 0.717) is 6.61 Å². The molecule has 5 nitrogen and oxygen atoms in total. The molecule has 0 aliphatic carbocycles. The highest BCUT2D eigenvalue weighted by Gasteiger charge is 2.24. The number of nitrogens with zero attached hydrogens (tertiary/aromatic N) is 1. The number of hydrogen-bond donors (Lipinski definition) is 2. The van der Waals surface area contributed by atoms with Crippen LogP contribution in [0.25, 0.3) is 0 Å². The van der Waals surface area contributed by atoms with Crippen LogP contribution >= 0.6 is 0 Å². The van der Waals surface area contributed by atoms with E-state index in [1.165, 1.54) is 0 Å². The van der Waals surface area contributed by atoms with Crippen molar-refractivity contribution in [1.29, 1.82) is 0 Å². The Morgan fingerprint density at radius 3 is 2.69 bits per heavy atom. The smallest absolute Gasteiger partial charge is 0.237 e. The molecule has 13 heavy (non-hydrogen) atoms. The quantitative estimate of drug-likeness (QED) is 0.556. The Labute approximate surface area is 78.2 Å². The summed E-state index contributed by atoms with van der Waals surface area (Å²) in [4.78, 5) is 13.1. The maximum atomic E-state index is 11.1. The lowest BCUT2D eigenvalue weighted by Crippen LogP contribution is -2.54. The van der Waals surface area contributed by atoms with Gasteiger partial charge in [0.25, 0.3) is 0 Å².